The SMILES string of the molecule is C=C(CCc1cc(C(C)(C)C)c(O)c(C(C)(C)C)c1)c1[nH]cc(C2CC2)c1Cl. The quantitative estimate of drug-likeness (QED) is 0.536. The zero-order chi connectivity index (χ0) is 20.9. The molecule has 28 heavy (non-hydrogen) atoms. The maximum atomic E-state index is 10.9. The Bertz CT molecular complexity index is 853. The highest BCUT2D eigenvalue weighted by atomic mass is 35.5. The first-order chi connectivity index (χ1) is 12.9. The minimum atomic E-state index is -0.112. The van der Waals surface area contributed by atoms with Crippen molar-refractivity contribution in [3.8, 4) is 5.75 Å². The third-order valence-corrected chi connectivity index (χ3v) is 6.12. The molecule has 152 valence electrons. The number of rotatable bonds is 5. The van der Waals surface area contributed by atoms with Crippen LogP contribution >= 0.6 is 11.6 Å². The predicted molar refractivity (Wildman–Crippen MR) is 121 cm³/mol. The molecule has 0 aliphatic heterocycles. The van der Waals surface area contributed by atoms with E-state index >= 15 is 0 Å². The summed E-state index contributed by atoms with van der Waals surface area (Å²) in [5.41, 5.74) is 6.29. The zero-order valence-corrected chi connectivity index (χ0v) is 18.9. The van der Waals surface area contributed by atoms with Crippen LogP contribution in [0.25, 0.3) is 5.57 Å². The summed E-state index contributed by atoms with van der Waals surface area (Å²) < 4.78 is 0. The summed E-state index contributed by atoms with van der Waals surface area (Å²) in [6.07, 6.45) is 6.24. The highest BCUT2D eigenvalue weighted by molar-refractivity contribution is 6.33. The van der Waals surface area contributed by atoms with Gasteiger partial charge < -0.3 is 10.1 Å². The molecule has 1 aliphatic rings. The molecule has 1 aromatic carbocycles. The first kappa shape index (κ1) is 21.0. The number of aromatic amines is 1. The van der Waals surface area contributed by atoms with Gasteiger partial charge in [-0.1, -0.05) is 71.9 Å². The molecule has 1 aliphatic carbocycles. The second kappa shape index (κ2) is 7.30. The lowest BCUT2D eigenvalue weighted by molar-refractivity contribution is 0.422. The Balaban J connectivity index is 1.84. The average molecular weight is 400 g/mol. The summed E-state index contributed by atoms with van der Waals surface area (Å²) in [6, 6.07) is 4.31. The van der Waals surface area contributed by atoms with Crippen molar-refractivity contribution < 1.29 is 5.11 Å². The smallest absolute Gasteiger partial charge is 0.123 e. The first-order valence-electron chi connectivity index (χ1n) is 10.3. The number of nitrogens with one attached hydrogen (secondary N) is 1. The molecule has 0 atom stereocenters. The maximum absolute atomic E-state index is 10.9. The monoisotopic (exact) mass is 399 g/mol. The van der Waals surface area contributed by atoms with Crippen molar-refractivity contribution in [2.75, 3.05) is 0 Å². The highest BCUT2D eigenvalue weighted by Gasteiger charge is 2.29. The van der Waals surface area contributed by atoms with Crippen LogP contribution in [0.5, 0.6) is 5.75 Å². The third-order valence-electron chi connectivity index (χ3n) is 5.72. The van der Waals surface area contributed by atoms with Crippen LogP contribution in [0, 0.1) is 0 Å². The van der Waals surface area contributed by atoms with Crippen LogP contribution in [0.1, 0.15) is 94.7 Å². The van der Waals surface area contributed by atoms with Crippen molar-refractivity contribution in [2.45, 2.75) is 84.0 Å². The number of phenols is 1. The molecule has 1 saturated carbocycles. The minimum absolute atomic E-state index is 0.112. The molecule has 1 heterocycles. The fraction of sp³-hybridized carbons (Fsp3) is 0.520. The molecular weight excluding hydrogens is 366 g/mol. The Labute approximate surface area is 175 Å². The van der Waals surface area contributed by atoms with E-state index in [2.05, 4.69) is 71.4 Å². The molecule has 0 radical (unpaired) electrons. The zero-order valence-electron chi connectivity index (χ0n) is 18.2. The van der Waals surface area contributed by atoms with Crippen LogP contribution in [0.2, 0.25) is 5.02 Å². The summed E-state index contributed by atoms with van der Waals surface area (Å²) in [5, 5.41) is 11.7. The van der Waals surface area contributed by atoms with Crippen molar-refractivity contribution in [3.63, 3.8) is 0 Å². The number of H-pyrrole nitrogens is 1. The Kier molecular flexibility index (Phi) is 5.49. The Morgan fingerprint density at radius 2 is 1.64 bits per heavy atom. The number of aromatic hydroxyl groups is 1. The number of hydrogen-bond donors (Lipinski definition) is 2. The van der Waals surface area contributed by atoms with Crippen molar-refractivity contribution in [1.29, 1.82) is 0 Å². The van der Waals surface area contributed by atoms with Crippen LogP contribution in [-0.4, -0.2) is 10.1 Å². The van der Waals surface area contributed by atoms with Gasteiger partial charge >= 0.3 is 0 Å². The summed E-state index contributed by atoms with van der Waals surface area (Å²) in [4.78, 5) is 3.34. The average Bonchev–Trinajstić information content (AvgIpc) is 3.33. The summed E-state index contributed by atoms with van der Waals surface area (Å²) in [7, 11) is 0. The van der Waals surface area contributed by atoms with E-state index < -0.39 is 0 Å². The van der Waals surface area contributed by atoms with Gasteiger partial charge in [0.05, 0.1) is 10.7 Å². The second-order valence-electron chi connectivity index (χ2n) is 10.4. The normalized spacial score (nSPS) is 15.1. The molecule has 0 bridgehead atoms. The Hall–Kier alpha value is -1.67. The Morgan fingerprint density at radius 1 is 1.11 bits per heavy atom. The standard InChI is InChI=1S/C25H34ClNO/c1-15(22-21(26)18(14-27-22)17-10-11-17)8-9-16-12-19(24(2,3)4)23(28)20(13-16)25(5,6)7/h12-14,17,27-28H,1,8-11H2,2-7H3. The summed E-state index contributed by atoms with van der Waals surface area (Å²) >= 11 is 6.60. The van der Waals surface area contributed by atoms with Crippen LogP contribution in [0.15, 0.2) is 24.9 Å². The molecule has 2 aromatic rings. The van der Waals surface area contributed by atoms with E-state index in [0.29, 0.717) is 11.7 Å². The molecule has 1 fully saturated rings. The van der Waals surface area contributed by atoms with Gasteiger partial charge in [0.25, 0.3) is 0 Å². The predicted octanol–water partition coefficient (Wildman–Crippen LogP) is 7.49. The lowest BCUT2D eigenvalue weighted by atomic mass is 9.78. The van der Waals surface area contributed by atoms with Crippen molar-refractivity contribution in [3.05, 3.63) is 57.9 Å². The number of halogens is 1. The van der Waals surface area contributed by atoms with Crippen molar-refractivity contribution in [1.82, 2.24) is 4.98 Å². The molecule has 3 rings (SSSR count). The van der Waals surface area contributed by atoms with Crippen molar-refractivity contribution in [2.24, 2.45) is 0 Å². The van der Waals surface area contributed by atoms with E-state index in [-0.39, 0.29) is 10.8 Å². The summed E-state index contributed by atoms with van der Waals surface area (Å²) in [5.74, 6) is 1.06. The van der Waals surface area contributed by atoms with Gasteiger partial charge in [0.2, 0.25) is 0 Å². The van der Waals surface area contributed by atoms with Crippen molar-refractivity contribution >= 4 is 17.2 Å². The summed E-state index contributed by atoms with van der Waals surface area (Å²) in [6.45, 7) is 17.2. The van der Waals surface area contributed by atoms with Crippen LogP contribution < -0.4 is 0 Å². The minimum Gasteiger partial charge on any atom is -0.507 e. The lowest BCUT2D eigenvalue weighted by Gasteiger charge is -2.28. The molecule has 2 nitrogen and oxygen atoms in total. The molecule has 3 heteroatoms. The highest BCUT2D eigenvalue weighted by Crippen LogP contribution is 2.45. The van der Waals surface area contributed by atoms with E-state index in [4.69, 9.17) is 11.6 Å². The van der Waals surface area contributed by atoms with E-state index in [1.54, 1.807) is 0 Å². The van der Waals surface area contributed by atoms with Gasteiger partial charge in [-0.3, -0.25) is 0 Å². The number of aromatic nitrogens is 1. The second-order valence-corrected chi connectivity index (χ2v) is 10.7. The van der Waals surface area contributed by atoms with Gasteiger partial charge in [0, 0.05) is 6.20 Å². The maximum Gasteiger partial charge on any atom is 0.123 e. The van der Waals surface area contributed by atoms with Crippen LogP contribution in [-0.2, 0) is 17.3 Å². The van der Waals surface area contributed by atoms with Crippen LogP contribution in [0.3, 0.4) is 0 Å². The van der Waals surface area contributed by atoms with Gasteiger partial charge in [0.15, 0.2) is 0 Å². The van der Waals surface area contributed by atoms with Gasteiger partial charge in [-0.2, -0.15) is 0 Å². The molecule has 1 aromatic heterocycles. The first-order valence-corrected chi connectivity index (χ1v) is 10.7. The lowest BCUT2D eigenvalue weighted by Crippen LogP contribution is -2.18. The van der Waals surface area contributed by atoms with E-state index in [9.17, 15) is 5.11 Å². The molecule has 0 unspecified atom stereocenters. The molecular formula is C25H34ClNO. The topological polar surface area (TPSA) is 36.0 Å². The molecule has 0 spiro atoms. The van der Waals surface area contributed by atoms with E-state index in [0.717, 1.165) is 40.3 Å². The largest absolute Gasteiger partial charge is 0.507 e. The number of hydrogen-bond acceptors (Lipinski definition) is 1. The Morgan fingerprint density at radius 3 is 2.11 bits per heavy atom. The molecule has 0 saturated heterocycles. The third kappa shape index (κ3) is 4.33. The van der Waals surface area contributed by atoms with Gasteiger partial charge in [-0.25, -0.2) is 0 Å². The molecule has 0 amide bonds. The van der Waals surface area contributed by atoms with E-state index in [1.165, 1.54) is 24.0 Å². The fourth-order valence-corrected chi connectivity index (χ4v) is 4.17. The number of phenolic OH excluding ortho intramolecular Hbond substituents is 1. The fourth-order valence-electron chi connectivity index (χ4n) is 3.77. The number of allylic oxidation sites excluding steroid dienone is 1. The number of benzene rings is 1. The number of aryl methyl sites for hydroxylation is 1. The molecule has 2 N–H and O–H groups in total. The van der Waals surface area contributed by atoms with Gasteiger partial charge in [-0.15, -0.1) is 0 Å². The van der Waals surface area contributed by atoms with Crippen LogP contribution in [0.4, 0.5) is 0 Å². The van der Waals surface area contributed by atoms with Gasteiger partial charge in [-0.05, 0) is 70.3 Å². The van der Waals surface area contributed by atoms with E-state index in [1.807, 2.05) is 0 Å². The van der Waals surface area contributed by atoms with Gasteiger partial charge in [0.1, 0.15) is 5.75 Å².